The van der Waals surface area contributed by atoms with E-state index in [1.165, 1.54) is 5.56 Å². The maximum atomic E-state index is 11.9. The number of aromatic nitrogens is 2. The Labute approximate surface area is 123 Å². The number of carboxylic acid groups (broad SMARTS) is 1. The normalized spacial score (nSPS) is 16.0. The van der Waals surface area contributed by atoms with Gasteiger partial charge in [-0.05, 0) is 31.2 Å². The Hall–Kier alpha value is -2.05. The maximum Gasteiger partial charge on any atom is 0.317 e. The molecule has 2 amide bonds. The second-order valence-corrected chi connectivity index (χ2v) is 5.27. The third kappa shape index (κ3) is 4.21. The van der Waals surface area contributed by atoms with E-state index in [4.69, 9.17) is 5.11 Å². The number of nitrogens with zero attached hydrogens (tertiary/aromatic N) is 3. The predicted molar refractivity (Wildman–Crippen MR) is 77.1 cm³/mol. The summed E-state index contributed by atoms with van der Waals surface area (Å²) in [5.41, 5.74) is 1.24. The van der Waals surface area contributed by atoms with Crippen LogP contribution in [0.15, 0.2) is 12.4 Å². The number of urea groups is 1. The highest BCUT2D eigenvalue weighted by atomic mass is 16.4. The van der Waals surface area contributed by atoms with Gasteiger partial charge in [-0.15, -0.1) is 0 Å². The zero-order chi connectivity index (χ0) is 15.2. The van der Waals surface area contributed by atoms with Crippen molar-refractivity contribution in [3.63, 3.8) is 0 Å². The number of aliphatic carboxylic acids is 1. The number of piperidine rings is 1. The van der Waals surface area contributed by atoms with Crippen LogP contribution in [-0.4, -0.2) is 51.4 Å². The Balaban J connectivity index is 1.77. The predicted octanol–water partition coefficient (Wildman–Crippen LogP) is 1.27. The van der Waals surface area contributed by atoms with Gasteiger partial charge in [-0.3, -0.25) is 9.48 Å². The van der Waals surface area contributed by atoms with Gasteiger partial charge in [0.1, 0.15) is 0 Å². The van der Waals surface area contributed by atoms with Crippen molar-refractivity contribution < 1.29 is 14.7 Å². The molecule has 116 valence electrons. The molecule has 2 heterocycles. The van der Waals surface area contributed by atoms with Gasteiger partial charge >= 0.3 is 12.0 Å². The Bertz CT molecular complexity index is 492. The molecular weight excluding hydrogens is 272 g/mol. The number of likely N-dealkylation sites (tertiary alicyclic amines) is 1. The van der Waals surface area contributed by atoms with Gasteiger partial charge in [0.15, 0.2) is 0 Å². The fourth-order valence-corrected chi connectivity index (χ4v) is 2.57. The van der Waals surface area contributed by atoms with Gasteiger partial charge < -0.3 is 15.3 Å². The van der Waals surface area contributed by atoms with Crippen LogP contribution in [0.25, 0.3) is 0 Å². The summed E-state index contributed by atoms with van der Waals surface area (Å²) < 4.78 is 1.92. The summed E-state index contributed by atoms with van der Waals surface area (Å²) >= 11 is 0. The van der Waals surface area contributed by atoms with Gasteiger partial charge in [0.2, 0.25) is 0 Å². The number of carboxylic acids is 1. The fraction of sp³-hybridized carbons (Fsp3) is 0.643. The van der Waals surface area contributed by atoms with Gasteiger partial charge in [-0.25, -0.2) is 4.79 Å². The molecule has 1 aliphatic heterocycles. The molecule has 0 radical (unpaired) electrons. The molecule has 1 saturated heterocycles. The number of amides is 2. The van der Waals surface area contributed by atoms with Crippen LogP contribution in [0.5, 0.6) is 0 Å². The molecule has 0 spiro atoms. The van der Waals surface area contributed by atoms with E-state index in [0.29, 0.717) is 19.0 Å². The van der Waals surface area contributed by atoms with Crippen LogP contribution in [0.1, 0.15) is 37.7 Å². The van der Waals surface area contributed by atoms with E-state index in [-0.39, 0.29) is 19.0 Å². The van der Waals surface area contributed by atoms with Crippen LogP contribution in [0.2, 0.25) is 0 Å². The first-order valence-electron chi connectivity index (χ1n) is 7.37. The highest BCUT2D eigenvalue weighted by molar-refractivity contribution is 5.75. The molecule has 0 unspecified atom stereocenters. The van der Waals surface area contributed by atoms with E-state index < -0.39 is 5.97 Å². The van der Waals surface area contributed by atoms with Crippen molar-refractivity contribution in [1.29, 1.82) is 0 Å². The monoisotopic (exact) mass is 294 g/mol. The zero-order valence-corrected chi connectivity index (χ0v) is 12.3. The highest BCUT2D eigenvalue weighted by Gasteiger charge is 2.24. The molecule has 0 atom stereocenters. The average molecular weight is 294 g/mol. The van der Waals surface area contributed by atoms with Crippen molar-refractivity contribution in [3.8, 4) is 0 Å². The highest BCUT2D eigenvalue weighted by Crippen LogP contribution is 2.27. The largest absolute Gasteiger partial charge is 0.481 e. The van der Waals surface area contributed by atoms with Crippen molar-refractivity contribution in [2.24, 2.45) is 0 Å². The first kappa shape index (κ1) is 15.3. The van der Waals surface area contributed by atoms with E-state index >= 15 is 0 Å². The van der Waals surface area contributed by atoms with E-state index in [1.807, 2.05) is 10.9 Å². The lowest BCUT2D eigenvalue weighted by Crippen LogP contribution is -2.44. The first-order chi connectivity index (χ1) is 10.1. The van der Waals surface area contributed by atoms with Gasteiger partial charge in [0.25, 0.3) is 0 Å². The summed E-state index contributed by atoms with van der Waals surface area (Å²) in [4.78, 5) is 24.0. The molecular formula is C14H22N4O3. The van der Waals surface area contributed by atoms with E-state index in [1.54, 1.807) is 4.90 Å². The molecule has 1 aromatic heterocycles. The third-order valence-electron chi connectivity index (χ3n) is 3.85. The van der Waals surface area contributed by atoms with Crippen LogP contribution < -0.4 is 5.32 Å². The summed E-state index contributed by atoms with van der Waals surface area (Å²) in [6.45, 7) is 4.49. The minimum atomic E-state index is -0.901. The van der Waals surface area contributed by atoms with Crippen LogP contribution in [-0.2, 0) is 11.3 Å². The van der Waals surface area contributed by atoms with Gasteiger partial charge in [0.05, 0.1) is 12.6 Å². The molecule has 0 aliphatic carbocycles. The lowest BCUT2D eigenvalue weighted by molar-refractivity contribution is -0.136. The standard InChI is InChI=1S/C14H22N4O3/c1-2-18-10-12(9-16-18)11-4-7-17(8-5-11)14(21)15-6-3-13(19)20/h9-11H,2-8H2,1H3,(H,15,21)(H,19,20). The number of carbonyl (C=O) groups excluding carboxylic acids is 1. The summed E-state index contributed by atoms with van der Waals surface area (Å²) in [5, 5.41) is 15.5. The molecule has 21 heavy (non-hydrogen) atoms. The summed E-state index contributed by atoms with van der Waals surface area (Å²) in [6.07, 6.45) is 5.78. The Morgan fingerprint density at radius 1 is 1.43 bits per heavy atom. The Morgan fingerprint density at radius 2 is 2.14 bits per heavy atom. The number of hydrogen-bond acceptors (Lipinski definition) is 3. The minimum Gasteiger partial charge on any atom is -0.481 e. The topological polar surface area (TPSA) is 87.5 Å². The summed E-state index contributed by atoms with van der Waals surface area (Å²) in [7, 11) is 0. The van der Waals surface area contributed by atoms with Crippen LogP contribution >= 0.6 is 0 Å². The molecule has 7 heteroatoms. The third-order valence-corrected chi connectivity index (χ3v) is 3.85. The van der Waals surface area contributed by atoms with E-state index in [0.717, 1.165) is 19.4 Å². The number of carbonyl (C=O) groups is 2. The van der Waals surface area contributed by atoms with Crippen LogP contribution in [0, 0.1) is 0 Å². The van der Waals surface area contributed by atoms with E-state index in [9.17, 15) is 9.59 Å². The Morgan fingerprint density at radius 3 is 2.71 bits per heavy atom. The van der Waals surface area contributed by atoms with Crippen LogP contribution in [0.3, 0.4) is 0 Å². The first-order valence-corrected chi connectivity index (χ1v) is 7.37. The van der Waals surface area contributed by atoms with Crippen molar-refractivity contribution in [2.45, 2.75) is 38.6 Å². The number of rotatable bonds is 5. The van der Waals surface area contributed by atoms with Crippen molar-refractivity contribution >= 4 is 12.0 Å². The number of hydrogen-bond donors (Lipinski definition) is 2. The molecule has 1 fully saturated rings. The lowest BCUT2D eigenvalue weighted by Gasteiger charge is -2.31. The molecule has 0 bridgehead atoms. The molecule has 0 aromatic carbocycles. The zero-order valence-electron chi connectivity index (χ0n) is 12.3. The van der Waals surface area contributed by atoms with Crippen LogP contribution in [0.4, 0.5) is 4.79 Å². The smallest absolute Gasteiger partial charge is 0.317 e. The minimum absolute atomic E-state index is 0.0432. The molecule has 1 aromatic rings. The average Bonchev–Trinajstić information content (AvgIpc) is 2.96. The molecule has 0 saturated carbocycles. The number of nitrogens with one attached hydrogen (secondary N) is 1. The SMILES string of the molecule is CCn1cc(C2CCN(C(=O)NCCC(=O)O)CC2)cn1. The van der Waals surface area contributed by atoms with E-state index in [2.05, 4.69) is 23.5 Å². The van der Waals surface area contributed by atoms with Gasteiger partial charge in [-0.1, -0.05) is 0 Å². The second-order valence-electron chi connectivity index (χ2n) is 5.27. The Kier molecular flexibility index (Phi) is 5.19. The summed E-state index contributed by atoms with van der Waals surface area (Å²) in [5.74, 6) is -0.449. The fourth-order valence-electron chi connectivity index (χ4n) is 2.57. The summed E-state index contributed by atoms with van der Waals surface area (Å²) in [6, 6.07) is -0.168. The lowest BCUT2D eigenvalue weighted by atomic mass is 9.92. The molecule has 7 nitrogen and oxygen atoms in total. The quantitative estimate of drug-likeness (QED) is 0.856. The van der Waals surface area contributed by atoms with Crippen molar-refractivity contribution in [1.82, 2.24) is 20.0 Å². The maximum absolute atomic E-state index is 11.9. The second kappa shape index (κ2) is 7.10. The van der Waals surface area contributed by atoms with Gasteiger partial charge in [0, 0.05) is 32.4 Å². The molecule has 1 aliphatic rings. The van der Waals surface area contributed by atoms with Crippen molar-refractivity contribution in [3.05, 3.63) is 18.0 Å². The number of aryl methyl sites for hydroxylation is 1. The van der Waals surface area contributed by atoms with Crippen molar-refractivity contribution in [2.75, 3.05) is 19.6 Å². The molecule has 2 rings (SSSR count). The van der Waals surface area contributed by atoms with Gasteiger partial charge in [-0.2, -0.15) is 5.10 Å². The molecule has 2 N–H and O–H groups in total.